The number of nitrogens with zero attached hydrogens (tertiary/aromatic N) is 2. The van der Waals surface area contributed by atoms with Gasteiger partial charge in [-0.05, 0) is 6.42 Å². The third-order valence-electron chi connectivity index (χ3n) is 3.43. The molecule has 2 rings (SSSR count). The Morgan fingerprint density at radius 3 is 2.61 bits per heavy atom. The molecule has 1 saturated heterocycles. The third-order valence-corrected chi connectivity index (χ3v) is 4.26. The molecular weight excluding hydrogens is 244 g/mol. The Labute approximate surface area is 114 Å². The zero-order chi connectivity index (χ0) is 13.4. The third kappa shape index (κ3) is 3.11. The van der Waals surface area contributed by atoms with E-state index in [1.54, 1.807) is 11.3 Å². The number of likely N-dealkylation sites (tertiary alicyclic amines) is 1. The number of β-amino-alcohol motifs (C(OH)–C–C–N with tert-alkyl or cyclic N) is 1. The fraction of sp³-hybridized carbons (Fsp3) is 0.786. The Bertz CT molecular complexity index is 402. The predicted molar refractivity (Wildman–Crippen MR) is 75.9 cm³/mol. The van der Waals surface area contributed by atoms with Gasteiger partial charge in [-0.3, -0.25) is 4.90 Å². The summed E-state index contributed by atoms with van der Waals surface area (Å²) in [5, 5.41) is 13.5. The highest BCUT2D eigenvalue weighted by Crippen LogP contribution is 2.29. The second-order valence-corrected chi connectivity index (χ2v) is 7.44. The van der Waals surface area contributed by atoms with Gasteiger partial charge in [0.2, 0.25) is 0 Å². The van der Waals surface area contributed by atoms with E-state index in [2.05, 4.69) is 38.0 Å². The molecule has 0 saturated carbocycles. The maximum atomic E-state index is 10.1. The SMILES string of the molecule is CCCC1(O)CN(Cc2nc(C(C)(C)C)cs2)C1. The number of hydrogen-bond donors (Lipinski definition) is 1. The first-order valence-corrected chi connectivity index (χ1v) is 7.60. The lowest BCUT2D eigenvalue weighted by atomic mass is 9.89. The zero-order valence-corrected chi connectivity index (χ0v) is 12.7. The molecule has 18 heavy (non-hydrogen) atoms. The van der Waals surface area contributed by atoms with Gasteiger partial charge in [-0.1, -0.05) is 34.1 Å². The molecule has 1 aliphatic rings. The first-order chi connectivity index (χ1) is 8.32. The van der Waals surface area contributed by atoms with Crippen molar-refractivity contribution >= 4 is 11.3 Å². The highest BCUT2D eigenvalue weighted by atomic mass is 32.1. The van der Waals surface area contributed by atoms with Crippen molar-refractivity contribution in [3.63, 3.8) is 0 Å². The van der Waals surface area contributed by atoms with Crippen LogP contribution in [0.4, 0.5) is 0 Å². The minimum absolute atomic E-state index is 0.132. The maximum Gasteiger partial charge on any atom is 0.107 e. The normalized spacial score (nSPS) is 19.8. The number of rotatable bonds is 4. The van der Waals surface area contributed by atoms with Crippen molar-refractivity contribution in [3.05, 3.63) is 16.1 Å². The van der Waals surface area contributed by atoms with Gasteiger partial charge in [-0.2, -0.15) is 0 Å². The molecule has 0 amide bonds. The van der Waals surface area contributed by atoms with E-state index in [-0.39, 0.29) is 5.41 Å². The molecule has 0 aromatic carbocycles. The smallest absolute Gasteiger partial charge is 0.107 e. The predicted octanol–water partition coefficient (Wildman–Crippen LogP) is 2.79. The van der Waals surface area contributed by atoms with Crippen molar-refractivity contribution in [3.8, 4) is 0 Å². The second kappa shape index (κ2) is 4.91. The first-order valence-electron chi connectivity index (χ1n) is 6.72. The molecule has 3 nitrogen and oxygen atoms in total. The first kappa shape index (κ1) is 14.0. The quantitative estimate of drug-likeness (QED) is 0.912. The topological polar surface area (TPSA) is 36.4 Å². The van der Waals surface area contributed by atoms with Crippen molar-refractivity contribution in [2.24, 2.45) is 0 Å². The Hall–Kier alpha value is -0.450. The van der Waals surface area contributed by atoms with Crippen LogP contribution in [0.3, 0.4) is 0 Å². The molecular formula is C14H24N2OS. The summed E-state index contributed by atoms with van der Waals surface area (Å²) in [5.41, 5.74) is 0.873. The molecule has 1 N–H and O–H groups in total. The molecule has 0 aliphatic carbocycles. The molecule has 1 aromatic heterocycles. The lowest BCUT2D eigenvalue weighted by Gasteiger charge is -2.46. The molecule has 0 atom stereocenters. The largest absolute Gasteiger partial charge is 0.387 e. The van der Waals surface area contributed by atoms with Crippen LogP contribution >= 0.6 is 11.3 Å². The summed E-state index contributed by atoms with van der Waals surface area (Å²) in [7, 11) is 0. The Morgan fingerprint density at radius 1 is 1.44 bits per heavy atom. The van der Waals surface area contributed by atoms with Crippen molar-refractivity contribution < 1.29 is 5.11 Å². The fourth-order valence-corrected chi connectivity index (χ4v) is 3.50. The Kier molecular flexibility index (Phi) is 3.81. The summed E-state index contributed by atoms with van der Waals surface area (Å²) in [6.07, 6.45) is 1.96. The standard InChI is InChI=1S/C14H24N2OS/c1-5-6-14(17)9-16(10-14)7-12-15-11(8-18-12)13(2,3)4/h8,17H,5-7,9-10H2,1-4H3. The average Bonchev–Trinajstić information content (AvgIpc) is 2.63. The van der Waals surface area contributed by atoms with Gasteiger partial charge in [0.15, 0.2) is 0 Å². The molecule has 0 unspecified atom stereocenters. The van der Waals surface area contributed by atoms with Crippen LogP contribution in [0.2, 0.25) is 0 Å². The van der Waals surface area contributed by atoms with E-state index in [4.69, 9.17) is 4.98 Å². The number of aliphatic hydroxyl groups is 1. The van der Waals surface area contributed by atoms with Crippen LogP contribution in [-0.2, 0) is 12.0 Å². The van der Waals surface area contributed by atoms with E-state index in [1.165, 1.54) is 10.7 Å². The van der Waals surface area contributed by atoms with Gasteiger partial charge in [-0.15, -0.1) is 11.3 Å². The van der Waals surface area contributed by atoms with Crippen molar-refractivity contribution in [2.45, 2.75) is 58.1 Å². The van der Waals surface area contributed by atoms with Crippen LogP contribution in [0.5, 0.6) is 0 Å². The second-order valence-electron chi connectivity index (χ2n) is 6.50. The molecule has 0 spiro atoms. The molecule has 0 radical (unpaired) electrons. The van der Waals surface area contributed by atoms with Gasteiger partial charge < -0.3 is 5.11 Å². The summed E-state index contributed by atoms with van der Waals surface area (Å²) < 4.78 is 0. The highest BCUT2D eigenvalue weighted by molar-refractivity contribution is 7.09. The molecule has 102 valence electrons. The van der Waals surface area contributed by atoms with Crippen LogP contribution < -0.4 is 0 Å². The molecule has 1 aliphatic heterocycles. The van der Waals surface area contributed by atoms with Gasteiger partial charge in [-0.25, -0.2) is 4.98 Å². The van der Waals surface area contributed by atoms with Crippen LogP contribution in [0.25, 0.3) is 0 Å². The van der Waals surface area contributed by atoms with Crippen molar-refractivity contribution in [2.75, 3.05) is 13.1 Å². The Morgan fingerprint density at radius 2 is 2.11 bits per heavy atom. The van der Waals surface area contributed by atoms with Crippen LogP contribution in [0.15, 0.2) is 5.38 Å². The lowest BCUT2D eigenvalue weighted by molar-refractivity contribution is -0.106. The summed E-state index contributed by atoms with van der Waals surface area (Å²) in [6.45, 7) is 11.2. The summed E-state index contributed by atoms with van der Waals surface area (Å²) in [5.74, 6) is 0. The van der Waals surface area contributed by atoms with E-state index in [0.29, 0.717) is 0 Å². The zero-order valence-electron chi connectivity index (χ0n) is 11.9. The van der Waals surface area contributed by atoms with Gasteiger partial charge >= 0.3 is 0 Å². The number of hydrogen-bond acceptors (Lipinski definition) is 4. The highest BCUT2D eigenvalue weighted by Gasteiger charge is 2.40. The van der Waals surface area contributed by atoms with E-state index in [9.17, 15) is 5.11 Å². The molecule has 0 bridgehead atoms. The van der Waals surface area contributed by atoms with E-state index in [0.717, 1.165) is 32.5 Å². The average molecular weight is 268 g/mol. The minimum atomic E-state index is -0.432. The van der Waals surface area contributed by atoms with E-state index in [1.807, 2.05) is 0 Å². The van der Waals surface area contributed by atoms with Crippen LogP contribution in [0.1, 0.15) is 51.2 Å². The van der Waals surface area contributed by atoms with Crippen molar-refractivity contribution in [1.29, 1.82) is 0 Å². The number of aromatic nitrogens is 1. The molecule has 1 aromatic rings. The molecule has 2 heterocycles. The van der Waals surface area contributed by atoms with Crippen LogP contribution in [0, 0.1) is 0 Å². The lowest BCUT2D eigenvalue weighted by Crippen LogP contribution is -2.60. The van der Waals surface area contributed by atoms with Gasteiger partial charge in [0.1, 0.15) is 5.01 Å². The Balaban J connectivity index is 1.87. The fourth-order valence-electron chi connectivity index (χ4n) is 2.44. The van der Waals surface area contributed by atoms with E-state index < -0.39 is 5.60 Å². The van der Waals surface area contributed by atoms with Crippen LogP contribution in [-0.4, -0.2) is 33.7 Å². The maximum absolute atomic E-state index is 10.1. The summed E-state index contributed by atoms with van der Waals surface area (Å²) in [4.78, 5) is 6.97. The van der Waals surface area contributed by atoms with Gasteiger partial charge in [0, 0.05) is 23.9 Å². The monoisotopic (exact) mass is 268 g/mol. The summed E-state index contributed by atoms with van der Waals surface area (Å²) in [6, 6.07) is 0. The molecule has 4 heteroatoms. The van der Waals surface area contributed by atoms with Gasteiger partial charge in [0.25, 0.3) is 0 Å². The van der Waals surface area contributed by atoms with Gasteiger partial charge in [0.05, 0.1) is 17.8 Å². The van der Waals surface area contributed by atoms with Crippen molar-refractivity contribution in [1.82, 2.24) is 9.88 Å². The minimum Gasteiger partial charge on any atom is -0.387 e. The number of thiazole rings is 1. The molecule has 1 fully saturated rings. The van der Waals surface area contributed by atoms with E-state index >= 15 is 0 Å². The summed E-state index contributed by atoms with van der Waals surface area (Å²) >= 11 is 1.73.